The van der Waals surface area contributed by atoms with Crippen LogP contribution in [0, 0.1) is 17.2 Å². The fraction of sp³-hybridized carbons (Fsp3) is 0.385. The fourth-order valence-electron chi connectivity index (χ4n) is 1.26. The zero-order valence-electron chi connectivity index (χ0n) is 10.4. The number of carbonyl (C=O) groups excluding carboxylic acids is 1. The Hall–Kier alpha value is -2.03. The average Bonchev–Trinajstić information content (AvgIpc) is 2.34. The number of Topliss-reactive ketones (excluding diaryl/α,β-unsaturated/α-hetero) is 1. The van der Waals surface area contributed by atoms with Gasteiger partial charge in [-0.3, -0.25) is 4.79 Å². The average molecular weight is 271 g/mol. The highest BCUT2D eigenvalue weighted by atomic mass is 19.4. The standard InChI is InChI=1S/C13H12F3NO2/c1-8(2)11(18)7-19-12-4-3-9(6-17)5-10(12)13(14,15)16/h3-5,8H,7H2,1-2H3. The Morgan fingerprint density at radius 1 is 1.42 bits per heavy atom. The summed E-state index contributed by atoms with van der Waals surface area (Å²) in [6, 6.07) is 4.59. The summed E-state index contributed by atoms with van der Waals surface area (Å²) < 4.78 is 43.2. The second kappa shape index (κ2) is 5.74. The van der Waals surface area contributed by atoms with Crippen molar-refractivity contribution in [3.05, 3.63) is 29.3 Å². The van der Waals surface area contributed by atoms with Crippen LogP contribution in [0.5, 0.6) is 5.75 Å². The lowest BCUT2D eigenvalue weighted by molar-refractivity contribution is -0.139. The molecule has 0 aliphatic rings. The van der Waals surface area contributed by atoms with Crippen LogP contribution in [0.1, 0.15) is 25.0 Å². The van der Waals surface area contributed by atoms with Crippen molar-refractivity contribution in [1.29, 1.82) is 5.26 Å². The van der Waals surface area contributed by atoms with Gasteiger partial charge in [-0.15, -0.1) is 0 Å². The van der Waals surface area contributed by atoms with E-state index in [1.54, 1.807) is 19.9 Å². The van der Waals surface area contributed by atoms with Crippen LogP contribution >= 0.6 is 0 Å². The molecular weight excluding hydrogens is 259 g/mol. The van der Waals surface area contributed by atoms with Gasteiger partial charge in [0, 0.05) is 5.92 Å². The summed E-state index contributed by atoms with van der Waals surface area (Å²) >= 11 is 0. The van der Waals surface area contributed by atoms with Crippen molar-refractivity contribution >= 4 is 5.78 Å². The number of nitrogens with zero attached hydrogens (tertiary/aromatic N) is 1. The van der Waals surface area contributed by atoms with Gasteiger partial charge in [-0.1, -0.05) is 13.8 Å². The molecule has 0 unspecified atom stereocenters. The maximum absolute atomic E-state index is 12.8. The molecular formula is C13H12F3NO2. The number of alkyl halides is 3. The lowest BCUT2D eigenvalue weighted by Gasteiger charge is -2.14. The molecule has 0 aliphatic heterocycles. The predicted molar refractivity (Wildman–Crippen MR) is 61.5 cm³/mol. The molecule has 0 heterocycles. The lowest BCUT2D eigenvalue weighted by Crippen LogP contribution is -2.18. The molecule has 0 saturated carbocycles. The summed E-state index contributed by atoms with van der Waals surface area (Å²) in [4.78, 5) is 11.3. The van der Waals surface area contributed by atoms with Gasteiger partial charge in [-0.25, -0.2) is 0 Å². The Kier molecular flexibility index (Phi) is 4.54. The first kappa shape index (κ1) is 15.0. The zero-order valence-corrected chi connectivity index (χ0v) is 10.4. The smallest absolute Gasteiger partial charge is 0.420 e. The first-order chi connectivity index (χ1) is 8.75. The van der Waals surface area contributed by atoms with Crippen LogP contribution in [-0.2, 0) is 11.0 Å². The minimum atomic E-state index is -4.64. The van der Waals surface area contributed by atoms with E-state index in [4.69, 9.17) is 10.00 Å². The number of benzene rings is 1. The highest BCUT2D eigenvalue weighted by molar-refractivity contribution is 5.81. The van der Waals surface area contributed by atoms with Crippen molar-refractivity contribution in [1.82, 2.24) is 0 Å². The Morgan fingerprint density at radius 3 is 2.53 bits per heavy atom. The van der Waals surface area contributed by atoms with Gasteiger partial charge in [0.25, 0.3) is 0 Å². The molecule has 1 aromatic carbocycles. The van der Waals surface area contributed by atoms with Crippen LogP contribution in [0.25, 0.3) is 0 Å². The number of ketones is 1. The van der Waals surface area contributed by atoms with Crippen molar-refractivity contribution in [3.63, 3.8) is 0 Å². The van der Waals surface area contributed by atoms with E-state index >= 15 is 0 Å². The monoisotopic (exact) mass is 271 g/mol. The van der Waals surface area contributed by atoms with Gasteiger partial charge < -0.3 is 4.74 Å². The third kappa shape index (κ3) is 3.98. The number of ether oxygens (including phenoxy) is 1. The molecule has 0 spiro atoms. The minimum Gasteiger partial charge on any atom is -0.485 e. The molecule has 0 aromatic heterocycles. The normalized spacial score (nSPS) is 11.2. The van der Waals surface area contributed by atoms with Crippen molar-refractivity contribution < 1.29 is 22.7 Å². The van der Waals surface area contributed by atoms with E-state index in [0.717, 1.165) is 6.07 Å². The van der Waals surface area contributed by atoms with Crippen molar-refractivity contribution in [3.8, 4) is 11.8 Å². The number of nitriles is 1. The fourth-order valence-corrected chi connectivity index (χ4v) is 1.26. The SMILES string of the molecule is CC(C)C(=O)COc1ccc(C#N)cc1C(F)(F)F. The maximum Gasteiger partial charge on any atom is 0.420 e. The third-order valence-corrected chi connectivity index (χ3v) is 2.43. The highest BCUT2D eigenvalue weighted by Gasteiger charge is 2.35. The lowest BCUT2D eigenvalue weighted by atomic mass is 10.1. The highest BCUT2D eigenvalue weighted by Crippen LogP contribution is 2.36. The van der Waals surface area contributed by atoms with E-state index in [-0.39, 0.29) is 17.3 Å². The Bertz CT molecular complexity index is 516. The first-order valence-corrected chi connectivity index (χ1v) is 5.52. The molecule has 0 bridgehead atoms. The van der Waals surface area contributed by atoms with Gasteiger partial charge in [-0.2, -0.15) is 18.4 Å². The summed E-state index contributed by atoms with van der Waals surface area (Å²) in [5.74, 6) is -1.05. The minimum absolute atomic E-state index is 0.116. The van der Waals surface area contributed by atoms with Gasteiger partial charge in [-0.05, 0) is 18.2 Å². The van der Waals surface area contributed by atoms with Crippen LogP contribution < -0.4 is 4.74 Å². The summed E-state index contributed by atoms with van der Waals surface area (Å²) in [6.07, 6.45) is -4.64. The molecule has 0 amide bonds. The Morgan fingerprint density at radius 2 is 2.05 bits per heavy atom. The van der Waals surface area contributed by atoms with Crippen molar-refractivity contribution in [2.24, 2.45) is 5.92 Å². The number of halogens is 3. The molecule has 6 heteroatoms. The quantitative estimate of drug-likeness (QED) is 0.845. The number of rotatable bonds is 4. The van der Waals surface area contributed by atoms with E-state index in [1.807, 2.05) is 0 Å². The van der Waals surface area contributed by atoms with Crippen LogP contribution in [0.15, 0.2) is 18.2 Å². The molecule has 0 saturated heterocycles. The molecule has 0 aliphatic carbocycles. The molecule has 1 aromatic rings. The summed E-state index contributed by atoms with van der Waals surface area (Å²) in [6.45, 7) is 2.84. The molecule has 0 radical (unpaired) electrons. The zero-order chi connectivity index (χ0) is 14.6. The predicted octanol–water partition coefficient (Wildman–Crippen LogP) is 3.18. The second-order valence-corrected chi connectivity index (χ2v) is 4.23. The van der Waals surface area contributed by atoms with Gasteiger partial charge in [0.2, 0.25) is 0 Å². The molecule has 1 rings (SSSR count). The van der Waals surface area contributed by atoms with Gasteiger partial charge >= 0.3 is 6.18 Å². The van der Waals surface area contributed by atoms with Crippen LogP contribution in [0.4, 0.5) is 13.2 Å². The number of carbonyl (C=O) groups is 1. The van der Waals surface area contributed by atoms with Gasteiger partial charge in [0.15, 0.2) is 5.78 Å². The molecule has 3 nitrogen and oxygen atoms in total. The largest absolute Gasteiger partial charge is 0.485 e. The second-order valence-electron chi connectivity index (χ2n) is 4.23. The van der Waals surface area contributed by atoms with Gasteiger partial charge in [0.1, 0.15) is 12.4 Å². The first-order valence-electron chi connectivity index (χ1n) is 5.52. The van der Waals surface area contributed by atoms with E-state index in [9.17, 15) is 18.0 Å². The molecule has 102 valence electrons. The van der Waals surface area contributed by atoms with E-state index < -0.39 is 24.1 Å². The third-order valence-electron chi connectivity index (χ3n) is 2.43. The van der Waals surface area contributed by atoms with Gasteiger partial charge in [0.05, 0.1) is 17.2 Å². The number of hydrogen-bond acceptors (Lipinski definition) is 3. The summed E-state index contributed by atoms with van der Waals surface area (Å²) in [5.41, 5.74) is -1.17. The van der Waals surface area contributed by atoms with Crippen LogP contribution in [0.2, 0.25) is 0 Å². The number of hydrogen-bond donors (Lipinski definition) is 0. The summed E-state index contributed by atoms with van der Waals surface area (Å²) in [5, 5.41) is 8.60. The van der Waals surface area contributed by atoms with Crippen LogP contribution in [-0.4, -0.2) is 12.4 Å². The van der Waals surface area contributed by atoms with Crippen molar-refractivity contribution in [2.75, 3.05) is 6.61 Å². The Labute approximate surface area is 108 Å². The van der Waals surface area contributed by atoms with Crippen molar-refractivity contribution in [2.45, 2.75) is 20.0 Å². The maximum atomic E-state index is 12.8. The van der Waals surface area contributed by atoms with E-state index in [2.05, 4.69) is 0 Å². The molecule has 19 heavy (non-hydrogen) atoms. The van der Waals surface area contributed by atoms with Crippen LogP contribution in [0.3, 0.4) is 0 Å². The molecule has 0 atom stereocenters. The summed E-state index contributed by atoms with van der Waals surface area (Å²) in [7, 11) is 0. The topological polar surface area (TPSA) is 50.1 Å². The Balaban J connectivity index is 3.01. The molecule has 0 N–H and O–H groups in total. The van der Waals surface area contributed by atoms with E-state index in [0.29, 0.717) is 6.07 Å². The van der Waals surface area contributed by atoms with E-state index in [1.165, 1.54) is 6.07 Å². The molecule has 0 fully saturated rings.